The molecule has 0 unspecified atom stereocenters. The van der Waals surface area contributed by atoms with Gasteiger partial charge in [-0.05, 0) is 86.9 Å². The van der Waals surface area contributed by atoms with E-state index >= 15 is 0 Å². The van der Waals surface area contributed by atoms with Crippen molar-refractivity contribution >= 4 is 5.97 Å². The fraction of sp³-hybridized carbons (Fsp3) is 0.625. The number of carboxylic acids is 1. The smallest absolute Gasteiger partial charge is 0.310 e. The monoisotopic (exact) mass is 557 g/mol. The van der Waals surface area contributed by atoms with Crippen molar-refractivity contribution in [3.8, 4) is 0 Å². The van der Waals surface area contributed by atoms with E-state index in [0.29, 0.717) is 13.0 Å². The van der Waals surface area contributed by atoms with Gasteiger partial charge in [0, 0.05) is 56.5 Å². The number of carbonyl (C=O) groups is 1. The number of alkyl halides is 2. The molecule has 3 heterocycles. The largest absolute Gasteiger partial charge is 0.481 e. The van der Waals surface area contributed by atoms with Gasteiger partial charge in [0.2, 0.25) is 0 Å². The zero-order valence-corrected chi connectivity index (χ0v) is 23.3. The molecule has 1 aromatic heterocycles. The minimum Gasteiger partial charge on any atom is -0.481 e. The molecule has 1 aromatic carbocycles. The molecule has 5 nitrogen and oxygen atoms in total. The Kier molecular flexibility index (Phi) is 9.15. The van der Waals surface area contributed by atoms with Gasteiger partial charge in [0.15, 0.2) is 0 Å². The van der Waals surface area contributed by atoms with Gasteiger partial charge in [0.1, 0.15) is 5.82 Å². The summed E-state index contributed by atoms with van der Waals surface area (Å²) in [5.74, 6) is -3.10. The molecule has 1 saturated carbocycles. The van der Waals surface area contributed by atoms with Crippen LogP contribution in [0, 0.1) is 23.1 Å². The number of carboxylic acid groups (broad SMARTS) is 1. The van der Waals surface area contributed by atoms with Gasteiger partial charge in [-0.15, -0.1) is 0 Å². The number of halogens is 3. The number of piperidine rings is 1. The quantitative estimate of drug-likeness (QED) is 0.359. The molecule has 3 aliphatic rings. The lowest BCUT2D eigenvalue weighted by Gasteiger charge is -2.37. The van der Waals surface area contributed by atoms with E-state index in [4.69, 9.17) is 0 Å². The Labute approximate surface area is 235 Å². The fourth-order valence-electron chi connectivity index (χ4n) is 7.38. The number of hydrogen-bond donors (Lipinski definition) is 1. The van der Waals surface area contributed by atoms with Gasteiger partial charge in [-0.25, -0.2) is 13.2 Å². The molecule has 2 saturated heterocycles. The minimum atomic E-state index is -2.86. The average Bonchev–Trinajstić information content (AvgIpc) is 3.35. The zero-order chi connectivity index (χ0) is 28.2. The first kappa shape index (κ1) is 29.1. The van der Waals surface area contributed by atoms with Crippen molar-refractivity contribution in [2.24, 2.45) is 17.3 Å². The van der Waals surface area contributed by atoms with Crippen LogP contribution in [0.2, 0.25) is 0 Å². The van der Waals surface area contributed by atoms with E-state index in [1.807, 2.05) is 6.07 Å². The first-order chi connectivity index (χ1) is 19.2. The van der Waals surface area contributed by atoms with E-state index in [1.165, 1.54) is 24.5 Å². The van der Waals surface area contributed by atoms with Gasteiger partial charge in [-0.1, -0.05) is 31.4 Å². The normalized spacial score (nSPS) is 24.8. The molecule has 0 radical (unpaired) electrons. The molecular weight excluding hydrogens is 515 g/mol. The van der Waals surface area contributed by atoms with Crippen LogP contribution in [0.3, 0.4) is 0 Å². The summed E-state index contributed by atoms with van der Waals surface area (Å²) in [6, 6.07) is 9.85. The van der Waals surface area contributed by atoms with E-state index in [0.717, 1.165) is 83.2 Å². The Morgan fingerprint density at radius 1 is 1.05 bits per heavy atom. The fourth-order valence-corrected chi connectivity index (χ4v) is 7.38. The molecule has 8 heteroatoms. The van der Waals surface area contributed by atoms with Gasteiger partial charge in [-0.3, -0.25) is 9.78 Å². The summed E-state index contributed by atoms with van der Waals surface area (Å²) in [4.78, 5) is 20.9. The average molecular weight is 558 g/mol. The summed E-state index contributed by atoms with van der Waals surface area (Å²) >= 11 is 0. The molecule has 40 heavy (non-hydrogen) atoms. The Morgan fingerprint density at radius 3 is 2.50 bits per heavy atom. The maximum Gasteiger partial charge on any atom is 0.310 e. The third-order valence-electron chi connectivity index (χ3n) is 9.73. The van der Waals surface area contributed by atoms with Crippen LogP contribution in [0.1, 0.15) is 74.8 Å². The first-order valence-corrected chi connectivity index (χ1v) is 15.0. The van der Waals surface area contributed by atoms with Crippen molar-refractivity contribution in [2.75, 3.05) is 39.3 Å². The summed E-state index contributed by atoms with van der Waals surface area (Å²) in [5.41, 5.74) is 0.281. The molecular formula is C32H42F3N3O2. The van der Waals surface area contributed by atoms with E-state index in [-0.39, 0.29) is 35.6 Å². The van der Waals surface area contributed by atoms with Gasteiger partial charge >= 0.3 is 5.97 Å². The van der Waals surface area contributed by atoms with Crippen LogP contribution < -0.4 is 0 Å². The second kappa shape index (κ2) is 12.6. The SMILES string of the molecule is O=C(O)C1(CN2C[C@H](CN3CCC(CCC(F)(F)c4cccnc4)CC3)[C@@H](c3cccc(F)c3)C2)CCCCC1. The Hall–Kier alpha value is -2.45. The Morgan fingerprint density at radius 2 is 1.82 bits per heavy atom. The number of nitrogens with zero attached hydrogens (tertiary/aromatic N) is 3. The number of hydrogen-bond acceptors (Lipinski definition) is 4. The molecule has 3 fully saturated rings. The second-order valence-corrected chi connectivity index (χ2v) is 12.5. The van der Waals surface area contributed by atoms with Crippen LogP contribution in [0.15, 0.2) is 48.8 Å². The van der Waals surface area contributed by atoms with Crippen molar-refractivity contribution in [1.29, 1.82) is 0 Å². The third-order valence-corrected chi connectivity index (χ3v) is 9.73. The highest BCUT2D eigenvalue weighted by atomic mass is 19.3. The van der Waals surface area contributed by atoms with Crippen molar-refractivity contribution in [1.82, 2.24) is 14.8 Å². The number of benzene rings is 1. The summed E-state index contributed by atoms with van der Waals surface area (Å²) in [5, 5.41) is 10.1. The number of aliphatic carboxylic acids is 1. The van der Waals surface area contributed by atoms with E-state index in [1.54, 1.807) is 18.2 Å². The van der Waals surface area contributed by atoms with E-state index < -0.39 is 17.3 Å². The first-order valence-electron chi connectivity index (χ1n) is 15.0. The highest BCUT2D eigenvalue weighted by Gasteiger charge is 2.44. The molecule has 1 aliphatic carbocycles. The van der Waals surface area contributed by atoms with Crippen molar-refractivity contribution in [3.63, 3.8) is 0 Å². The molecule has 0 bridgehead atoms. The van der Waals surface area contributed by atoms with Crippen LogP contribution in [-0.4, -0.2) is 65.1 Å². The maximum atomic E-state index is 14.7. The van der Waals surface area contributed by atoms with Gasteiger partial charge in [0.25, 0.3) is 5.92 Å². The highest BCUT2D eigenvalue weighted by Crippen LogP contribution is 2.42. The summed E-state index contributed by atoms with van der Waals surface area (Å²) < 4.78 is 43.5. The van der Waals surface area contributed by atoms with Gasteiger partial charge in [-0.2, -0.15) is 0 Å². The molecule has 5 rings (SSSR count). The lowest BCUT2D eigenvalue weighted by molar-refractivity contribution is -0.152. The van der Waals surface area contributed by atoms with Crippen molar-refractivity contribution in [2.45, 2.75) is 69.6 Å². The number of pyridine rings is 1. The van der Waals surface area contributed by atoms with Crippen LogP contribution in [0.4, 0.5) is 13.2 Å². The second-order valence-electron chi connectivity index (χ2n) is 12.5. The standard InChI is InChI=1S/C32H42F3N3O2/c33-28-8-4-6-25(18-28)29-22-38(23-31(30(39)40)12-2-1-3-13-31)21-26(29)20-37-16-10-24(11-17-37)9-14-32(34,35)27-7-5-15-36-19-27/h4-8,15,18-19,24,26,29H,1-3,9-14,16-17,20-23H2,(H,39,40)/t26-,29+/m0/s1. The predicted molar refractivity (Wildman–Crippen MR) is 149 cm³/mol. The summed E-state index contributed by atoms with van der Waals surface area (Å²) in [6.07, 6.45) is 9.36. The third kappa shape index (κ3) is 6.88. The highest BCUT2D eigenvalue weighted by molar-refractivity contribution is 5.75. The summed E-state index contributed by atoms with van der Waals surface area (Å²) in [6.45, 7) is 4.69. The van der Waals surface area contributed by atoms with E-state index in [9.17, 15) is 23.1 Å². The van der Waals surface area contributed by atoms with Crippen molar-refractivity contribution in [3.05, 3.63) is 65.7 Å². The topological polar surface area (TPSA) is 56.7 Å². The molecule has 2 atom stereocenters. The number of rotatable bonds is 10. The Balaban J connectivity index is 1.19. The number of aromatic nitrogens is 1. The zero-order valence-electron chi connectivity index (χ0n) is 23.3. The lowest BCUT2D eigenvalue weighted by atomic mass is 9.73. The molecule has 2 aliphatic heterocycles. The molecule has 2 aromatic rings. The number of likely N-dealkylation sites (tertiary alicyclic amines) is 2. The van der Waals surface area contributed by atoms with Gasteiger partial charge in [0.05, 0.1) is 5.41 Å². The predicted octanol–water partition coefficient (Wildman–Crippen LogP) is 6.56. The Bertz CT molecular complexity index is 1120. The molecule has 218 valence electrons. The minimum absolute atomic E-state index is 0.0143. The van der Waals surface area contributed by atoms with Gasteiger partial charge < -0.3 is 14.9 Å². The van der Waals surface area contributed by atoms with Crippen LogP contribution >= 0.6 is 0 Å². The van der Waals surface area contributed by atoms with E-state index in [2.05, 4.69) is 14.8 Å². The maximum absolute atomic E-state index is 14.7. The molecule has 0 spiro atoms. The lowest BCUT2D eigenvalue weighted by Crippen LogP contribution is -2.44. The summed E-state index contributed by atoms with van der Waals surface area (Å²) in [7, 11) is 0. The molecule has 1 N–H and O–H groups in total. The van der Waals surface area contributed by atoms with Crippen molar-refractivity contribution < 1.29 is 23.1 Å². The molecule has 0 amide bonds. The van der Waals surface area contributed by atoms with Crippen LogP contribution in [0.5, 0.6) is 0 Å². The van der Waals surface area contributed by atoms with Crippen LogP contribution in [-0.2, 0) is 10.7 Å². The van der Waals surface area contributed by atoms with Crippen LogP contribution in [0.25, 0.3) is 0 Å².